The number of aromatic nitrogens is 1. The number of nitrogens with two attached hydrogens (primary N) is 1. The second-order valence-electron chi connectivity index (χ2n) is 5.11. The van der Waals surface area contributed by atoms with E-state index in [1.807, 2.05) is 48.5 Å². The van der Waals surface area contributed by atoms with Gasteiger partial charge in [0.2, 0.25) is 0 Å². The van der Waals surface area contributed by atoms with Gasteiger partial charge in [0, 0.05) is 16.6 Å². The third-order valence-electron chi connectivity index (χ3n) is 3.83. The van der Waals surface area contributed by atoms with Gasteiger partial charge in [-0.3, -0.25) is 4.90 Å². The molecule has 2 aromatic carbocycles. The molecule has 1 aliphatic heterocycles. The Hall–Kier alpha value is -2.95. The van der Waals surface area contributed by atoms with Gasteiger partial charge in [-0.1, -0.05) is 36.4 Å². The van der Waals surface area contributed by atoms with E-state index in [0.29, 0.717) is 18.1 Å². The van der Waals surface area contributed by atoms with Crippen LogP contribution in [0.2, 0.25) is 0 Å². The average molecular weight is 278 g/mol. The maximum atomic E-state index is 12.3. The number of H-pyrrole nitrogens is 1. The minimum absolute atomic E-state index is 0.174. The highest BCUT2D eigenvalue weighted by molar-refractivity contribution is 6.09. The van der Waals surface area contributed by atoms with Crippen LogP contribution in [-0.2, 0) is 6.54 Å². The van der Waals surface area contributed by atoms with E-state index in [1.165, 1.54) is 0 Å². The van der Waals surface area contributed by atoms with E-state index in [9.17, 15) is 4.79 Å². The molecule has 0 radical (unpaired) electrons. The molecule has 21 heavy (non-hydrogen) atoms. The Bertz CT molecular complexity index is 852. The highest BCUT2D eigenvalue weighted by atomic mass is 16.2. The fourth-order valence-electron chi connectivity index (χ4n) is 2.75. The number of amides is 2. The Balaban J connectivity index is 1.82. The Morgan fingerprint density at radius 1 is 1.05 bits per heavy atom. The molecule has 1 aromatic heterocycles. The number of benzene rings is 2. The second-order valence-corrected chi connectivity index (χ2v) is 5.11. The number of rotatable bonds is 1. The molecule has 3 aromatic rings. The lowest BCUT2D eigenvalue weighted by Crippen LogP contribution is -2.39. The van der Waals surface area contributed by atoms with Gasteiger partial charge in [-0.05, 0) is 17.7 Å². The number of fused-ring (bicyclic) bond motifs is 2. The van der Waals surface area contributed by atoms with Crippen LogP contribution in [0.15, 0.2) is 48.5 Å². The monoisotopic (exact) mass is 278 g/mol. The van der Waals surface area contributed by atoms with E-state index in [4.69, 9.17) is 5.73 Å². The first-order valence-electron chi connectivity index (χ1n) is 6.76. The number of hydrogen-bond donors (Lipinski definition) is 3. The van der Waals surface area contributed by atoms with Crippen LogP contribution in [0.25, 0.3) is 10.9 Å². The van der Waals surface area contributed by atoms with Crippen LogP contribution in [0.1, 0.15) is 5.56 Å². The van der Waals surface area contributed by atoms with Crippen molar-refractivity contribution in [2.24, 2.45) is 0 Å². The molecule has 104 valence electrons. The van der Waals surface area contributed by atoms with E-state index in [0.717, 1.165) is 22.2 Å². The summed E-state index contributed by atoms with van der Waals surface area (Å²) in [7, 11) is 0. The minimum Gasteiger partial charge on any atom is -0.395 e. The summed E-state index contributed by atoms with van der Waals surface area (Å²) in [6.07, 6.45) is 0. The van der Waals surface area contributed by atoms with Crippen molar-refractivity contribution in [2.75, 3.05) is 16.0 Å². The SMILES string of the molecule is Nc1c(N2Cc3ccccc3NC2=O)[nH]c2ccccc12. The normalized spacial score (nSPS) is 14.1. The number of anilines is 3. The quantitative estimate of drug-likeness (QED) is 0.639. The fraction of sp³-hybridized carbons (Fsp3) is 0.0625. The van der Waals surface area contributed by atoms with E-state index >= 15 is 0 Å². The summed E-state index contributed by atoms with van der Waals surface area (Å²) in [4.78, 5) is 17.2. The number of para-hydroxylation sites is 2. The van der Waals surface area contributed by atoms with Crippen LogP contribution in [0, 0.1) is 0 Å². The molecule has 0 fully saturated rings. The highest BCUT2D eigenvalue weighted by Gasteiger charge is 2.26. The number of hydrogen-bond acceptors (Lipinski definition) is 2. The summed E-state index contributed by atoms with van der Waals surface area (Å²) < 4.78 is 0. The fourth-order valence-corrected chi connectivity index (χ4v) is 2.75. The number of nitrogens with zero attached hydrogens (tertiary/aromatic N) is 1. The van der Waals surface area contributed by atoms with Gasteiger partial charge in [0.25, 0.3) is 0 Å². The van der Waals surface area contributed by atoms with Gasteiger partial charge in [-0.2, -0.15) is 0 Å². The zero-order chi connectivity index (χ0) is 14.4. The molecular formula is C16H14N4O. The number of nitrogens with one attached hydrogen (secondary N) is 2. The molecule has 5 heteroatoms. The third-order valence-corrected chi connectivity index (χ3v) is 3.83. The topological polar surface area (TPSA) is 74.2 Å². The van der Waals surface area contributed by atoms with Crippen molar-refractivity contribution >= 4 is 34.1 Å². The molecule has 4 N–H and O–H groups in total. The molecule has 0 bridgehead atoms. The molecular weight excluding hydrogens is 264 g/mol. The van der Waals surface area contributed by atoms with E-state index < -0.39 is 0 Å². The van der Waals surface area contributed by atoms with Gasteiger partial charge in [0.15, 0.2) is 0 Å². The van der Waals surface area contributed by atoms with Crippen LogP contribution in [-0.4, -0.2) is 11.0 Å². The van der Waals surface area contributed by atoms with Gasteiger partial charge in [0.05, 0.1) is 12.2 Å². The van der Waals surface area contributed by atoms with Crippen LogP contribution in [0.5, 0.6) is 0 Å². The standard InChI is InChI=1S/C16H14N4O/c17-14-11-6-2-4-8-13(11)18-15(14)20-9-10-5-1-3-7-12(10)19-16(20)21/h1-8,18H,9,17H2,(H,19,21). The molecule has 2 amide bonds. The van der Waals surface area contributed by atoms with Gasteiger partial charge in [0.1, 0.15) is 5.82 Å². The maximum Gasteiger partial charge on any atom is 0.327 e. The van der Waals surface area contributed by atoms with Crippen LogP contribution in [0.3, 0.4) is 0 Å². The molecule has 1 aliphatic rings. The van der Waals surface area contributed by atoms with Crippen molar-refractivity contribution < 1.29 is 4.79 Å². The molecule has 0 saturated heterocycles. The summed E-state index contributed by atoms with van der Waals surface area (Å²) in [6.45, 7) is 0.499. The largest absolute Gasteiger partial charge is 0.395 e. The first-order valence-corrected chi connectivity index (χ1v) is 6.76. The lowest BCUT2D eigenvalue weighted by molar-refractivity contribution is 0.256. The predicted molar refractivity (Wildman–Crippen MR) is 84.4 cm³/mol. The molecule has 5 nitrogen and oxygen atoms in total. The van der Waals surface area contributed by atoms with Gasteiger partial charge < -0.3 is 16.0 Å². The minimum atomic E-state index is -0.174. The smallest absolute Gasteiger partial charge is 0.327 e. The van der Waals surface area contributed by atoms with Crippen molar-refractivity contribution in [3.63, 3.8) is 0 Å². The lowest BCUT2D eigenvalue weighted by Gasteiger charge is -2.28. The third kappa shape index (κ3) is 1.74. The van der Waals surface area contributed by atoms with E-state index in [1.54, 1.807) is 4.90 Å². The van der Waals surface area contributed by atoms with Crippen molar-refractivity contribution in [3.05, 3.63) is 54.1 Å². The zero-order valence-corrected chi connectivity index (χ0v) is 11.3. The first-order chi connectivity index (χ1) is 10.2. The van der Waals surface area contributed by atoms with Gasteiger partial charge in [-0.15, -0.1) is 0 Å². The van der Waals surface area contributed by atoms with E-state index in [-0.39, 0.29) is 6.03 Å². The lowest BCUT2D eigenvalue weighted by atomic mass is 10.1. The summed E-state index contributed by atoms with van der Waals surface area (Å²) in [5.41, 5.74) is 9.64. The predicted octanol–water partition coefficient (Wildman–Crippen LogP) is 3.30. The Morgan fingerprint density at radius 2 is 1.81 bits per heavy atom. The van der Waals surface area contributed by atoms with Crippen LogP contribution in [0.4, 0.5) is 22.0 Å². The molecule has 2 heterocycles. The summed E-state index contributed by atoms with van der Waals surface area (Å²) in [5, 5.41) is 3.82. The molecule has 0 unspecified atom stereocenters. The average Bonchev–Trinajstić information content (AvgIpc) is 2.84. The van der Waals surface area contributed by atoms with Gasteiger partial charge >= 0.3 is 6.03 Å². The molecule has 0 atom stereocenters. The highest BCUT2D eigenvalue weighted by Crippen LogP contribution is 2.34. The van der Waals surface area contributed by atoms with Crippen molar-refractivity contribution in [2.45, 2.75) is 6.54 Å². The van der Waals surface area contributed by atoms with Crippen molar-refractivity contribution in [1.29, 1.82) is 0 Å². The molecule has 0 spiro atoms. The number of carbonyl (C=O) groups excluding carboxylic acids is 1. The summed E-state index contributed by atoms with van der Waals surface area (Å²) >= 11 is 0. The number of nitrogen functional groups attached to an aromatic ring is 1. The summed E-state index contributed by atoms with van der Waals surface area (Å²) in [6, 6.07) is 15.4. The number of carbonyl (C=O) groups is 1. The van der Waals surface area contributed by atoms with E-state index in [2.05, 4.69) is 10.3 Å². The molecule has 0 aliphatic carbocycles. The summed E-state index contributed by atoms with van der Waals surface area (Å²) in [5.74, 6) is 0.642. The zero-order valence-electron chi connectivity index (χ0n) is 11.3. The van der Waals surface area contributed by atoms with Crippen LogP contribution < -0.4 is 16.0 Å². The van der Waals surface area contributed by atoms with Crippen molar-refractivity contribution in [1.82, 2.24) is 4.98 Å². The van der Waals surface area contributed by atoms with Crippen molar-refractivity contribution in [3.8, 4) is 0 Å². The van der Waals surface area contributed by atoms with Crippen LogP contribution >= 0.6 is 0 Å². The first kappa shape index (κ1) is 11.8. The second kappa shape index (κ2) is 4.28. The number of aromatic amines is 1. The maximum absolute atomic E-state index is 12.3. The molecule has 4 rings (SSSR count). The Labute approximate surface area is 121 Å². The van der Waals surface area contributed by atoms with Gasteiger partial charge in [-0.25, -0.2) is 4.79 Å². The number of urea groups is 1. The Morgan fingerprint density at radius 3 is 2.67 bits per heavy atom. The molecule has 0 saturated carbocycles. The Kier molecular flexibility index (Phi) is 2.41.